The van der Waals surface area contributed by atoms with Gasteiger partial charge in [-0.05, 0) is 25.0 Å². The summed E-state index contributed by atoms with van der Waals surface area (Å²) in [7, 11) is -4.92. The molecular formula is C16H14O6S2. The van der Waals surface area contributed by atoms with Crippen LogP contribution in [0, 0.1) is 11.8 Å². The highest BCUT2D eigenvalue weighted by Gasteiger charge is 2.22. The highest BCUT2D eigenvalue weighted by atomic mass is 32.2. The molecular weight excluding hydrogens is 352 g/mol. The molecule has 2 unspecified atom stereocenters. The summed E-state index contributed by atoms with van der Waals surface area (Å²) in [5.41, 5.74) is 0.545. The summed E-state index contributed by atoms with van der Waals surface area (Å²) in [6, 6.07) is 0. The van der Waals surface area contributed by atoms with Gasteiger partial charge in [-0.25, -0.2) is 0 Å². The third-order valence-corrected chi connectivity index (χ3v) is 5.45. The van der Waals surface area contributed by atoms with Gasteiger partial charge in [-0.1, -0.05) is 24.3 Å². The lowest BCUT2D eigenvalue weighted by Gasteiger charge is -2.19. The largest absolute Gasteiger partial charge is 0.298 e. The van der Waals surface area contributed by atoms with E-state index in [1.807, 2.05) is 0 Å². The van der Waals surface area contributed by atoms with E-state index >= 15 is 0 Å². The summed E-state index contributed by atoms with van der Waals surface area (Å²) in [5, 5.41) is 0. The van der Waals surface area contributed by atoms with E-state index in [1.165, 1.54) is 12.2 Å². The van der Waals surface area contributed by atoms with Gasteiger partial charge in [0.2, 0.25) is 20.6 Å². The molecule has 8 heteroatoms. The molecule has 0 bridgehead atoms. The fraction of sp³-hybridized carbons (Fsp3) is 0.250. The van der Waals surface area contributed by atoms with Gasteiger partial charge in [0.15, 0.2) is 0 Å². The fourth-order valence-electron chi connectivity index (χ4n) is 2.61. The van der Waals surface area contributed by atoms with Crippen LogP contribution in [0.1, 0.15) is 12.8 Å². The smallest absolute Gasteiger partial charge is 0.217 e. The van der Waals surface area contributed by atoms with Crippen molar-refractivity contribution < 1.29 is 26.4 Å². The van der Waals surface area contributed by atoms with Gasteiger partial charge in [0, 0.05) is 23.0 Å². The van der Waals surface area contributed by atoms with Gasteiger partial charge in [-0.2, -0.15) is 16.8 Å². The molecule has 24 heavy (non-hydrogen) atoms. The lowest BCUT2D eigenvalue weighted by atomic mass is 9.86. The summed E-state index contributed by atoms with van der Waals surface area (Å²) in [6.45, 7) is 0. The van der Waals surface area contributed by atoms with Crippen LogP contribution >= 0.6 is 0 Å². The van der Waals surface area contributed by atoms with Crippen LogP contribution in [-0.2, 0) is 30.2 Å². The summed E-state index contributed by atoms with van der Waals surface area (Å²) in [4.78, 5) is 21.7. The number of carbonyl (C=O) groups is 2. The molecule has 0 radical (unpaired) electrons. The molecule has 0 heterocycles. The number of rotatable bonds is 5. The van der Waals surface area contributed by atoms with E-state index in [2.05, 4.69) is 0 Å². The van der Waals surface area contributed by atoms with Crippen molar-refractivity contribution in [1.82, 2.24) is 0 Å². The zero-order valence-corrected chi connectivity index (χ0v) is 14.1. The maximum Gasteiger partial charge on any atom is 0.217 e. The summed E-state index contributed by atoms with van der Waals surface area (Å²) >= 11 is 0. The molecule has 0 N–H and O–H groups in total. The van der Waals surface area contributed by atoms with Crippen LogP contribution in [0.2, 0.25) is 0 Å². The Bertz CT molecular complexity index is 860. The Morgan fingerprint density at radius 2 is 1.12 bits per heavy atom. The Hall–Kier alpha value is -2.32. The highest BCUT2D eigenvalue weighted by Crippen LogP contribution is 2.24. The summed E-state index contributed by atoms with van der Waals surface area (Å²) in [6.07, 6.45) is 10.9. The number of carbonyl (C=O) groups excluding carboxylic acids is 2. The number of hydrogen-bond donors (Lipinski definition) is 0. The van der Waals surface area contributed by atoms with Crippen molar-refractivity contribution in [2.75, 3.05) is 0 Å². The van der Waals surface area contributed by atoms with Gasteiger partial charge in [0.1, 0.15) is 12.6 Å². The second kappa shape index (κ2) is 7.98. The van der Waals surface area contributed by atoms with Crippen molar-refractivity contribution in [3.05, 3.63) is 47.6 Å². The highest BCUT2D eigenvalue weighted by molar-refractivity contribution is 7.73. The van der Waals surface area contributed by atoms with Gasteiger partial charge < -0.3 is 0 Å². The van der Waals surface area contributed by atoms with Gasteiger partial charge in [-0.3, -0.25) is 9.59 Å². The van der Waals surface area contributed by atoms with Gasteiger partial charge in [0.25, 0.3) is 0 Å². The molecule has 126 valence electrons. The quantitative estimate of drug-likeness (QED) is 0.518. The molecule has 0 aliphatic heterocycles. The molecule has 0 saturated carbocycles. The van der Waals surface area contributed by atoms with Crippen molar-refractivity contribution in [3.8, 4) is 0 Å². The van der Waals surface area contributed by atoms with Crippen LogP contribution in [-0.4, -0.2) is 39.1 Å². The Morgan fingerprint density at radius 3 is 1.42 bits per heavy atom. The second-order valence-corrected chi connectivity index (χ2v) is 7.19. The minimum atomic E-state index is -2.46. The van der Waals surface area contributed by atoms with E-state index in [1.54, 1.807) is 24.3 Å². The van der Waals surface area contributed by atoms with E-state index in [4.69, 9.17) is 0 Å². The lowest BCUT2D eigenvalue weighted by Crippen LogP contribution is -2.20. The zero-order valence-electron chi connectivity index (χ0n) is 12.5. The Morgan fingerprint density at radius 1 is 0.750 bits per heavy atom. The molecule has 0 aromatic rings. The van der Waals surface area contributed by atoms with Crippen molar-refractivity contribution in [1.29, 1.82) is 0 Å². The van der Waals surface area contributed by atoms with Crippen molar-refractivity contribution in [3.63, 3.8) is 0 Å². The van der Waals surface area contributed by atoms with Crippen LogP contribution in [0.5, 0.6) is 0 Å². The second-order valence-electron chi connectivity index (χ2n) is 5.31. The molecule has 0 spiro atoms. The maximum atomic E-state index is 11.3. The van der Waals surface area contributed by atoms with Crippen molar-refractivity contribution in [2.45, 2.75) is 12.8 Å². The SMILES string of the molecule is O=CC1=CC(=S(=O)=O)C(CCC2C=CC(C=O)=CC2=S(=O)=O)C=C1. The lowest BCUT2D eigenvalue weighted by molar-refractivity contribution is -0.105. The molecule has 0 saturated heterocycles. The Labute approximate surface area is 141 Å². The van der Waals surface area contributed by atoms with Crippen LogP contribution in [0.15, 0.2) is 47.6 Å². The van der Waals surface area contributed by atoms with E-state index in [-0.39, 0.29) is 20.9 Å². The average Bonchev–Trinajstić information content (AvgIpc) is 2.59. The van der Waals surface area contributed by atoms with E-state index in [9.17, 15) is 26.4 Å². The molecule has 2 atom stereocenters. The van der Waals surface area contributed by atoms with Gasteiger partial charge >= 0.3 is 0 Å². The zero-order chi connectivity index (χ0) is 17.7. The van der Waals surface area contributed by atoms with Gasteiger partial charge in [0.05, 0.1) is 9.73 Å². The first-order chi connectivity index (χ1) is 11.5. The van der Waals surface area contributed by atoms with Crippen LogP contribution in [0.3, 0.4) is 0 Å². The first kappa shape index (κ1) is 18.0. The number of hydrogen-bond acceptors (Lipinski definition) is 6. The molecule has 0 fully saturated rings. The molecule has 2 rings (SSSR count). The van der Waals surface area contributed by atoms with E-state index in [0.717, 1.165) is 0 Å². The number of aldehydes is 2. The minimum absolute atomic E-state index is 0.105. The predicted octanol–water partition coefficient (Wildman–Crippen LogP) is 0.492. The first-order valence-electron chi connectivity index (χ1n) is 7.08. The van der Waals surface area contributed by atoms with E-state index < -0.39 is 32.4 Å². The molecule has 2 aliphatic rings. The molecule has 0 aromatic heterocycles. The monoisotopic (exact) mass is 366 g/mol. The summed E-state index contributed by atoms with van der Waals surface area (Å²) < 4.78 is 45.3. The average molecular weight is 366 g/mol. The minimum Gasteiger partial charge on any atom is -0.298 e. The van der Waals surface area contributed by atoms with Gasteiger partial charge in [-0.15, -0.1) is 0 Å². The normalized spacial score (nSPS) is 22.7. The first-order valence-corrected chi connectivity index (χ1v) is 9.23. The van der Waals surface area contributed by atoms with Crippen molar-refractivity contribution >= 4 is 42.9 Å². The standard InChI is InChI=1S/C16H14O6S2/c17-9-11-1-3-13(15(7-11)23(19)20)5-6-14-4-2-12(10-18)8-16(14)24(21)22/h1-4,7-10,13-14H,5-6H2. The molecule has 6 nitrogen and oxygen atoms in total. The maximum absolute atomic E-state index is 11.3. The third kappa shape index (κ3) is 4.15. The van der Waals surface area contributed by atoms with Crippen molar-refractivity contribution in [2.24, 2.45) is 11.8 Å². The fourth-order valence-corrected chi connectivity index (χ4v) is 3.96. The molecule has 0 aromatic carbocycles. The van der Waals surface area contributed by atoms with Crippen LogP contribution in [0.25, 0.3) is 0 Å². The number of allylic oxidation sites excluding steroid dienone is 8. The Balaban J connectivity index is 2.20. The third-order valence-electron chi connectivity index (χ3n) is 3.84. The van der Waals surface area contributed by atoms with Crippen LogP contribution < -0.4 is 0 Å². The predicted molar refractivity (Wildman–Crippen MR) is 90.6 cm³/mol. The summed E-state index contributed by atoms with van der Waals surface area (Å²) in [5.74, 6) is -0.837. The Kier molecular flexibility index (Phi) is 5.99. The molecule has 0 amide bonds. The molecule has 2 aliphatic carbocycles. The van der Waals surface area contributed by atoms with E-state index in [0.29, 0.717) is 25.4 Å². The topological polar surface area (TPSA) is 102 Å². The van der Waals surface area contributed by atoms with Crippen LogP contribution in [0.4, 0.5) is 0 Å².